The minimum atomic E-state index is -0.523. The molecule has 104 valence electrons. The lowest BCUT2D eigenvalue weighted by molar-refractivity contribution is 0.0563. The molecule has 0 saturated heterocycles. The first-order valence-electron chi connectivity index (χ1n) is 5.99. The molecule has 5 heteroatoms. The summed E-state index contributed by atoms with van der Waals surface area (Å²) in [6.07, 6.45) is -0.512. The number of hydrogen-bond donors (Lipinski definition) is 1. The van der Waals surface area contributed by atoms with Crippen LogP contribution >= 0.6 is 0 Å². The molecule has 0 aromatic heterocycles. The summed E-state index contributed by atoms with van der Waals surface area (Å²) in [5, 5.41) is 2.57. The van der Waals surface area contributed by atoms with Crippen molar-refractivity contribution in [3.05, 3.63) is 24.3 Å². The third-order valence-corrected chi connectivity index (χ3v) is 2.05. The average molecular weight is 264 g/mol. The molecule has 0 aliphatic rings. The monoisotopic (exact) mass is 264 g/mol. The average Bonchev–Trinajstić information content (AvgIpc) is 2.27. The van der Waals surface area contributed by atoms with Gasteiger partial charge < -0.3 is 9.47 Å². The fourth-order valence-electron chi connectivity index (χ4n) is 1.33. The molecule has 0 radical (unpaired) electrons. The molecule has 0 aliphatic carbocycles. The normalized spacial score (nSPS) is 11.9. The van der Waals surface area contributed by atoms with E-state index in [1.807, 2.05) is 20.8 Å². The first kappa shape index (κ1) is 15.0. The highest BCUT2D eigenvalue weighted by Gasteiger charge is 2.16. The van der Waals surface area contributed by atoms with E-state index in [2.05, 4.69) is 10.3 Å². The minimum absolute atomic E-state index is 0.472. The highest BCUT2D eigenvalue weighted by molar-refractivity contribution is 5.95. The Bertz CT molecular complexity index is 459. The van der Waals surface area contributed by atoms with Crippen LogP contribution in [0.3, 0.4) is 0 Å². The quantitative estimate of drug-likeness (QED) is 0.658. The number of benzene rings is 1. The van der Waals surface area contributed by atoms with Crippen molar-refractivity contribution in [1.82, 2.24) is 5.32 Å². The molecule has 1 amide bonds. The topological polar surface area (TPSA) is 59.9 Å². The molecule has 0 fully saturated rings. The zero-order valence-electron chi connectivity index (χ0n) is 12.0. The Morgan fingerprint density at radius 3 is 2.26 bits per heavy atom. The molecule has 5 nitrogen and oxygen atoms in total. The maximum Gasteiger partial charge on any atom is 0.413 e. The van der Waals surface area contributed by atoms with Crippen molar-refractivity contribution in [2.24, 2.45) is 4.99 Å². The van der Waals surface area contributed by atoms with Crippen molar-refractivity contribution < 1.29 is 14.3 Å². The van der Waals surface area contributed by atoms with Crippen molar-refractivity contribution in [3.63, 3.8) is 0 Å². The zero-order chi connectivity index (χ0) is 14.5. The Labute approximate surface area is 113 Å². The summed E-state index contributed by atoms with van der Waals surface area (Å²) in [5.41, 5.74) is 0.208. The number of alkyl carbamates (subject to hydrolysis) is 1. The van der Waals surface area contributed by atoms with Crippen molar-refractivity contribution in [2.75, 3.05) is 7.11 Å². The van der Waals surface area contributed by atoms with E-state index in [1.54, 1.807) is 38.3 Å². The second-order valence-corrected chi connectivity index (χ2v) is 5.02. The van der Waals surface area contributed by atoms with Gasteiger partial charge in [-0.25, -0.2) is 9.79 Å². The number of nitrogens with one attached hydrogen (secondary N) is 1. The second kappa shape index (κ2) is 6.22. The number of amides is 1. The number of aliphatic imine (C=N–C) groups is 1. The Morgan fingerprint density at radius 2 is 1.79 bits per heavy atom. The van der Waals surface area contributed by atoms with Crippen LogP contribution in [-0.4, -0.2) is 24.6 Å². The molecular weight excluding hydrogens is 244 g/mol. The maximum absolute atomic E-state index is 11.5. The number of rotatable bonds is 2. The van der Waals surface area contributed by atoms with E-state index in [1.165, 1.54) is 0 Å². The summed E-state index contributed by atoms with van der Waals surface area (Å²) in [7, 11) is 1.60. The van der Waals surface area contributed by atoms with E-state index >= 15 is 0 Å². The highest BCUT2D eigenvalue weighted by Crippen LogP contribution is 2.17. The third kappa shape index (κ3) is 5.90. The number of ether oxygens (including phenoxy) is 2. The summed E-state index contributed by atoms with van der Waals surface area (Å²) in [6.45, 7) is 7.13. The predicted molar refractivity (Wildman–Crippen MR) is 75.1 cm³/mol. The smallest absolute Gasteiger partial charge is 0.413 e. The van der Waals surface area contributed by atoms with Gasteiger partial charge in [0.25, 0.3) is 0 Å². The van der Waals surface area contributed by atoms with Gasteiger partial charge in [-0.05, 0) is 52.0 Å². The van der Waals surface area contributed by atoms with Crippen LogP contribution in [0, 0.1) is 0 Å². The van der Waals surface area contributed by atoms with Gasteiger partial charge in [-0.1, -0.05) is 0 Å². The SMILES string of the molecule is COc1ccc(N=C(C)NC(=O)OC(C)(C)C)cc1. The standard InChI is InChI=1S/C14H20N2O3/c1-10(16-13(17)19-14(2,3)4)15-11-6-8-12(18-5)9-7-11/h6-9H,1-5H3,(H,15,16,17). The van der Waals surface area contributed by atoms with Gasteiger partial charge >= 0.3 is 6.09 Å². The number of nitrogens with zero attached hydrogens (tertiary/aromatic N) is 1. The Hall–Kier alpha value is -2.04. The molecule has 1 aromatic rings. The van der Waals surface area contributed by atoms with E-state index < -0.39 is 11.7 Å². The van der Waals surface area contributed by atoms with E-state index in [0.29, 0.717) is 5.84 Å². The second-order valence-electron chi connectivity index (χ2n) is 5.02. The van der Waals surface area contributed by atoms with Crippen molar-refractivity contribution in [2.45, 2.75) is 33.3 Å². The van der Waals surface area contributed by atoms with Crippen LogP contribution in [0.1, 0.15) is 27.7 Å². The van der Waals surface area contributed by atoms with Crippen LogP contribution in [0.2, 0.25) is 0 Å². The van der Waals surface area contributed by atoms with Crippen molar-refractivity contribution in [1.29, 1.82) is 0 Å². The Balaban J connectivity index is 2.63. The minimum Gasteiger partial charge on any atom is -0.497 e. The molecule has 0 unspecified atom stereocenters. The molecule has 0 bridgehead atoms. The number of methoxy groups -OCH3 is 1. The van der Waals surface area contributed by atoms with Gasteiger partial charge in [0.15, 0.2) is 0 Å². The van der Waals surface area contributed by atoms with Crippen molar-refractivity contribution in [3.8, 4) is 5.75 Å². The summed E-state index contributed by atoms with van der Waals surface area (Å²) in [5.74, 6) is 1.23. The Morgan fingerprint density at radius 1 is 1.21 bits per heavy atom. The summed E-state index contributed by atoms with van der Waals surface area (Å²) in [4.78, 5) is 15.8. The fourth-order valence-corrected chi connectivity index (χ4v) is 1.33. The largest absolute Gasteiger partial charge is 0.497 e. The lowest BCUT2D eigenvalue weighted by Gasteiger charge is -2.19. The Kier molecular flexibility index (Phi) is 4.92. The summed E-state index contributed by atoms with van der Waals surface area (Å²) in [6, 6.07) is 7.22. The van der Waals surface area contributed by atoms with Crippen LogP contribution in [-0.2, 0) is 4.74 Å². The molecule has 1 aromatic carbocycles. The van der Waals surface area contributed by atoms with Crippen LogP contribution < -0.4 is 10.1 Å². The lowest BCUT2D eigenvalue weighted by atomic mass is 10.2. The molecule has 0 heterocycles. The molecular formula is C14H20N2O3. The number of amidine groups is 1. The molecule has 0 spiro atoms. The van der Waals surface area contributed by atoms with Crippen LogP contribution in [0.15, 0.2) is 29.3 Å². The van der Waals surface area contributed by atoms with Gasteiger partial charge in [-0.2, -0.15) is 0 Å². The van der Waals surface area contributed by atoms with Gasteiger partial charge in [0.2, 0.25) is 0 Å². The molecule has 0 aliphatic heterocycles. The molecule has 0 saturated carbocycles. The van der Waals surface area contributed by atoms with Crippen molar-refractivity contribution >= 4 is 17.6 Å². The van der Waals surface area contributed by atoms with Crippen LogP contribution in [0.5, 0.6) is 5.75 Å². The third-order valence-electron chi connectivity index (χ3n) is 2.05. The number of carbonyl (C=O) groups is 1. The first-order valence-corrected chi connectivity index (χ1v) is 5.99. The fraction of sp³-hybridized carbons (Fsp3) is 0.429. The number of hydrogen-bond acceptors (Lipinski definition) is 4. The highest BCUT2D eigenvalue weighted by atomic mass is 16.6. The zero-order valence-corrected chi connectivity index (χ0v) is 12.0. The molecule has 19 heavy (non-hydrogen) atoms. The molecule has 1 rings (SSSR count). The van der Waals surface area contributed by atoms with Crippen LogP contribution in [0.25, 0.3) is 0 Å². The molecule has 1 N–H and O–H groups in total. The predicted octanol–water partition coefficient (Wildman–Crippen LogP) is 3.27. The lowest BCUT2D eigenvalue weighted by Crippen LogP contribution is -2.35. The van der Waals surface area contributed by atoms with Gasteiger partial charge in [0, 0.05) is 0 Å². The van der Waals surface area contributed by atoms with E-state index in [-0.39, 0.29) is 0 Å². The van der Waals surface area contributed by atoms with Gasteiger partial charge in [0.05, 0.1) is 12.8 Å². The number of carbonyl (C=O) groups excluding carboxylic acids is 1. The maximum atomic E-state index is 11.5. The summed E-state index contributed by atoms with van der Waals surface area (Å²) < 4.78 is 10.2. The van der Waals surface area contributed by atoms with E-state index in [9.17, 15) is 4.79 Å². The van der Waals surface area contributed by atoms with Gasteiger partial charge in [0.1, 0.15) is 17.2 Å². The van der Waals surface area contributed by atoms with Crippen LogP contribution in [0.4, 0.5) is 10.5 Å². The van der Waals surface area contributed by atoms with Gasteiger partial charge in [-0.15, -0.1) is 0 Å². The molecule has 0 atom stereocenters. The first-order chi connectivity index (χ1) is 8.80. The van der Waals surface area contributed by atoms with Gasteiger partial charge in [-0.3, -0.25) is 5.32 Å². The summed E-state index contributed by atoms with van der Waals surface area (Å²) >= 11 is 0. The van der Waals surface area contributed by atoms with E-state index in [4.69, 9.17) is 9.47 Å². The van der Waals surface area contributed by atoms with E-state index in [0.717, 1.165) is 11.4 Å².